The number of aromatic nitrogens is 4. The fourth-order valence-corrected chi connectivity index (χ4v) is 3.80. The molecule has 15 heteroatoms. The number of imidazole rings is 1. The number of benzene rings is 1. The molecule has 0 fully saturated rings. The van der Waals surface area contributed by atoms with Gasteiger partial charge in [-0.3, -0.25) is 4.57 Å². The molecule has 3 rings (SSSR count). The van der Waals surface area contributed by atoms with Crippen LogP contribution < -0.4 is 5.73 Å². The Morgan fingerprint density at radius 1 is 1.26 bits per heavy atom. The van der Waals surface area contributed by atoms with Gasteiger partial charge in [0.2, 0.25) is 11.6 Å². The maximum Gasteiger partial charge on any atom is 0.348 e. The van der Waals surface area contributed by atoms with Crippen LogP contribution in [0, 0.1) is 3.57 Å². The second kappa shape index (κ2) is 10.9. The van der Waals surface area contributed by atoms with E-state index in [-0.39, 0.29) is 22.3 Å². The third-order valence-electron chi connectivity index (χ3n) is 5.20. The molecule has 3 atom stereocenters. The van der Waals surface area contributed by atoms with Crippen LogP contribution in [0.5, 0.6) is 0 Å². The number of anilines is 1. The number of rotatable bonds is 11. The lowest BCUT2D eigenvalue weighted by Crippen LogP contribution is -2.53. The Kier molecular flexibility index (Phi) is 8.42. The number of hydrogen-bond acceptors (Lipinski definition) is 9. The molecule has 12 nitrogen and oxygen atoms in total. The molecule has 0 aliphatic heterocycles. The Morgan fingerprint density at radius 2 is 1.89 bits per heavy atom. The quantitative estimate of drug-likeness (QED) is 0.138. The van der Waals surface area contributed by atoms with Crippen molar-refractivity contribution in [1.29, 1.82) is 0 Å². The molecule has 0 saturated carbocycles. The lowest BCUT2D eigenvalue weighted by Gasteiger charge is -2.30. The van der Waals surface area contributed by atoms with Crippen molar-refractivity contribution in [2.45, 2.75) is 30.5 Å². The maximum absolute atomic E-state index is 15.3. The number of carboxylic acid groups (broad SMARTS) is 2. The van der Waals surface area contributed by atoms with E-state index in [2.05, 4.69) is 15.0 Å². The van der Waals surface area contributed by atoms with E-state index in [9.17, 15) is 24.9 Å². The molecular weight excluding hydrogens is 604 g/mol. The van der Waals surface area contributed by atoms with Gasteiger partial charge in [-0.25, -0.2) is 19.0 Å². The number of aliphatic hydroxyl groups excluding tert-OH is 1. The minimum atomic E-state index is -2.72. The average molecular weight is 624 g/mol. The highest BCUT2D eigenvalue weighted by molar-refractivity contribution is 14.1. The summed E-state index contributed by atoms with van der Waals surface area (Å²) < 4.78 is 27.4. The molecule has 0 aliphatic carbocycles. The Morgan fingerprint density at radius 3 is 2.46 bits per heavy atom. The number of fused-ring (bicyclic) bond motifs is 1. The number of alkyl halides is 1. The number of aliphatic hydroxyl groups is 1. The monoisotopic (exact) mass is 623 g/mol. The van der Waals surface area contributed by atoms with E-state index in [0.29, 0.717) is 5.56 Å². The van der Waals surface area contributed by atoms with Gasteiger partial charge in [0.05, 0.1) is 12.9 Å². The van der Waals surface area contributed by atoms with Gasteiger partial charge >= 0.3 is 11.9 Å². The number of nitrogens with two attached hydrogens (primary N) is 1. The summed E-state index contributed by atoms with van der Waals surface area (Å²) in [6.45, 7) is -0.772. The van der Waals surface area contributed by atoms with E-state index in [4.69, 9.17) is 26.8 Å². The van der Waals surface area contributed by atoms with Crippen LogP contribution >= 0.6 is 34.2 Å². The van der Waals surface area contributed by atoms with Crippen LogP contribution in [0.15, 0.2) is 30.6 Å². The number of nitrogens with zero attached hydrogens (tertiary/aromatic N) is 4. The molecule has 0 spiro atoms. The zero-order valence-electron chi connectivity index (χ0n) is 18.0. The topological polar surface area (TPSA) is 183 Å². The van der Waals surface area contributed by atoms with Gasteiger partial charge < -0.3 is 30.5 Å². The average Bonchev–Trinajstić information content (AvgIpc) is 3.23. The van der Waals surface area contributed by atoms with Crippen LogP contribution in [0.4, 0.5) is 10.2 Å². The molecule has 0 aliphatic rings. The highest BCUT2D eigenvalue weighted by Crippen LogP contribution is 2.27. The van der Waals surface area contributed by atoms with Crippen molar-refractivity contribution in [1.82, 2.24) is 19.5 Å². The minimum Gasteiger partial charge on any atom is -0.479 e. The summed E-state index contributed by atoms with van der Waals surface area (Å²) in [7, 11) is 1.12. The number of carboxylic acids is 2. The first kappa shape index (κ1) is 26.9. The Balaban J connectivity index is 1.84. The smallest absolute Gasteiger partial charge is 0.348 e. The van der Waals surface area contributed by atoms with Crippen LogP contribution in [0.1, 0.15) is 11.9 Å². The van der Waals surface area contributed by atoms with Gasteiger partial charge in [0.15, 0.2) is 11.5 Å². The molecule has 2 aromatic heterocycles. The minimum absolute atomic E-state index is 0.0442. The van der Waals surface area contributed by atoms with Crippen molar-refractivity contribution >= 4 is 63.1 Å². The summed E-state index contributed by atoms with van der Waals surface area (Å²) in [5, 5.41) is 29.8. The van der Waals surface area contributed by atoms with Gasteiger partial charge in [-0.1, -0.05) is 12.1 Å². The molecule has 2 heterocycles. The van der Waals surface area contributed by atoms with Crippen LogP contribution in [0.3, 0.4) is 0 Å². The van der Waals surface area contributed by atoms with Crippen molar-refractivity contribution < 1.29 is 38.8 Å². The van der Waals surface area contributed by atoms with Crippen molar-refractivity contribution in [2.75, 3.05) is 19.5 Å². The molecule has 0 saturated heterocycles. The van der Waals surface area contributed by atoms with Crippen LogP contribution in [-0.4, -0.2) is 78.3 Å². The standard InChI is InChI=1S/C20H20ClFIN5O7/c1-34-11(13(29)14(22)28-8-25-12-15(24)26-19(21)27-16(12)28)7-35-20(17(30)31,18(32)33)6-9-2-4-10(23)5-3-9/h2-5,8,11,13-14,29H,6-7H2,1H3,(H,30,31)(H,32,33)(H2,24,26,27)/t11-,13-,14-/m1/s1. The molecule has 1 aromatic carbocycles. The van der Waals surface area contributed by atoms with E-state index in [1.54, 1.807) is 24.3 Å². The van der Waals surface area contributed by atoms with E-state index < -0.39 is 49.1 Å². The summed E-state index contributed by atoms with van der Waals surface area (Å²) in [4.78, 5) is 35.5. The molecule has 0 radical (unpaired) electrons. The highest BCUT2D eigenvalue weighted by atomic mass is 127. The zero-order chi connectivity index (χ0) is 25.9. The predicted octanol–water partition coefficient (Wildman–Crippen LogP) is 1.68. The molecule has 0 unspecified atom stereocenters. The molecule has 5 N–H and O–H groups in total. The van der Waals surface area contributed by atoms with Crippen molar-refractivity contribution in [3.63, 3.8) is 0 Å². The molecule has 0 bridgehead atoms. The molecule has 35 heavy (non-hydrogen) atoms. The highest BCUT2D eigenvalue weighted by Gasteiger charge is 2.49. The van der Waals surface area contributed by atoms with E-state index in [1.807, 2.05) is 22.6 Å². The molecule has 3 aromatic rings. The Labute approximate surface area is 216 Å². The van der Waals surface area contributed by atoms with Crippen LogP contribution in [-0.2, 0) is 25.5 Å². The predicted molar refractivity (Wildman–Crippen MR) is 129 cm³/mol. The number of carbonyl (C=O) groups is 2. The first-order valence-electron chi connectivity index (χ1n) is 9.85. The Hall–Kier alpha value is -2.66. The first-order valence-corrected chi connectivity index (χ1v) is 11.3. The Bertz CT molecular complexity index is 1210. The number of methoxy groups -OCH3 is 1. The van der Waals surface area contributed by atoms with Crippen molar-refractivity contribution in [3.05, 3.63) is 45.0 Å². The summed E-state index contributed by atoms with van der Waals surface area (Å²) >= 11 is 7.82. The normalized spacial score (nSPS) is 14.5. The SMILES string of the molecule is CO[C@H](COC(Cc1ccc(I)cc1)(C(=O)O)C(=O)O)[C@@H](O)[C@H](F)n1cnc2c(N)nc(Cl)nc21. The van der Waals surface area contributed by atoms with Crippen molar-refractivity contribution in [2.24, 2.45) is 0 Å². The number of halogens is 3. The fraction of sp³-hybridized carbons (Fsp3) is 0.350. The van der Waals surface area contributed by atoms with Crippen molar-refractivity contribution in [3.8, 4) is 0 Å². The van der Waals surface area contributed by atoms with Crippen LogP contribution in [0.2, 0.25) is 5.28 Å². The van der Waals surface area contributed by atoms with E-state index >= 15 is 4.39 Å². The summed E-state index contributed by atoms with van der Waals surface area (Å²) in [6.07, 6.45) is -5.17. The number of nitrogen functional groups attached to an aromatic ring is 1. The number of hydrogen-bond donors (Lipinski definition) is 4. The van der Waals surface area contributed by atoms with Gasteiger partial charge in [-0.15, -0.1) is 0 Å². The van der Waals surface area contributed by atoms with E-state index in [1.165, 1.54) is 0 Å². The zero-order valence-corrected chi connectivity index (χ0v) is 20.9. The van der Waals surface area contributed by atoms with Gasteiger partial charge in [0.25, 0.3) is 5.60 Å². The number of ether oxygens (including phenoxy) is 2. The van der Waals surface area contributed by atoms with Gasteiger partial charge in [-0.2, -0.15) is 9.97 Å². The summed E-state index contributed by atoms with van der Waals surface area (Å²) in [5.41, 5.74) is 3.31. The second-order valence-corrected chi connectivity index (χ2v) is 8.97. The summed E-state index contributed by atoms with van der Waals surface area (Å²) in [6, 6.07) is 6.49. The van der Waals surface area contributed by atoms with Gasteiger partial charge in [0, 0.05) is 17.1 Å². The fourth-order valence-electron chi connectivity index (χ4n) is 3.27. The second-order valence-electron chi connectivity index (χ2n) is 7.39. The summed E-state index contributed by atoms with van der Waals surface area (Å²) in [5.74, 6) is -3.64. The lowest BCUT2D eigenvalue weighted by molar-refractivity contribution is -0.192. The van der Waals surface area contributed by atoms with Gasteiger partial charge in [0.1, 0.15) is 17.7 Å². The maximum atomic E-state index is 15.3. The first-order chi connectivity index (χ1) is 16.5. The molecular formula is C20H20ClFIN5O7. The van der Waals surface area contributed by atoms with E-state index in [0.717, 1.165) is 21.6 Å². The lowest BCUT2D eigenvalue weighted by atomic mass is 9.94. The number of aliphatic carboxylic acids is 2. The largest absolute Gasteiger partial charge is 0.479 e. The van der Waals surface area contributed by atoms with Crippen LogP contribution in [0.25, 0.3) is 11.2 Å². The third-order valence-corrected chi connectivity index (χ3v) is 6.09. The molecule has 188 valence electrons. The third kappa shape index (κ3) is 5.61. The van der Waals surface area contributed by atoms with Gasteiger partial charge in [-0.05, 0) is 51.9 Å². The molecule has 0 amide bonds.